The third-order valence-corrected chi connectivity index (χ3v) is 3.68. The van der Waals surface area contributed by atoms with Crippen LogP contribution in [0.3, 0.4) is 0 Å². The van der Waals surface area contributed by atoms with Gasteiger partial charge in [-0.15, -0.1) is 5.10 Å². The van der Waals surface area contributed by atoms with Gasteiger partial charge >= 0.3 is 0 Å². The highest BCUT2D eigenvalue weighted by Gasteiger charge is 2.15. The molecule has 118 valence electrons. The van der Waals surface area contributed by atoms with Gasteiger partial charge in [0.1, 0.15) is 5.75 Å². The van der Waals surface area contributed by atoms with E-state index < -0.39 is 0 Å². The SMILES string of the molecule is CN(C)CCCOc1cccc(C=NN=C2NC(=O)CS2)c1. The quantitative estimate of drug-likeness (QED) is 0.470. The summed E-state index contributed by atoms with van der Waals surface area (Å²) in [6.45, 7) is 1.69. The molecule has 1 aliphatic rings. The van der Waals surface area contributed by atoms with Crippen molar-refractivity contribution < 1.29 is 9.53 Å². The third kappa shape index (κ3) is 5.87. The molecule has 0 unspecified atom stereocenters. The molecule has 7 heteroatoms. The summed E-state index contributed by atoms with van der Waals surface area (Å²) in [5, 5.41) is 11.1. The summed E-state index contributed by atoms with van der Waals surface area (Å²) in [6.07, 6.45) is 2.63. The molecule has 22 heavy (non-hydrogen) atoms. The Kier molecular flexibility index (Phi) is 6.42. The molecule has 6 nitrogen and oxygen atoms in total. The van der Waals surface area contributed by atoms with E-state index in [0.717, 1.165) is 24.3 Å². The van der Waals surface area contributed by atoms with Crippen molar-refractivity contribution in [2.45, 2.75) is 6.42 Å². The van der Waals surface area contributed by atoms with Gasteiger partial charge in [-0.05, 0) is 38.2 Å². The minimum absolute atomic E-state index is 0.0351. The van der Waals surface area contributed by atoms with Crippen LogP contribution in [0.25, 0.3) is 0 Å². The summed E-state index contributed by atoms with van der Waals surface area (Å²) >= 11 is 1.35. The lowest BCUT2D eigenvalue weighted by molar-refractivity contribution is -0.116. The largest absolute Gasteiger partial charge is 0.494 e. The molecule has 0 spiro atoms. The molecule has 0 aromatic heterocycles. The van der Waals surface area contributed by atoms with Crippen LogP contribution in [-0.2, 0) is 4.79 Å². The fourth-order valence-corrected chi connectivity index (χ4v) is 2.41. The van der Waals surface area contributed by atoms with Crippen molar-refractivity contribution in [3.8, 4) is 5.75 Å². The summed E-state index contributed by atoms with van der Waals surface area (Å²) in [5.74, 6) is 1.19. The highest BCUT2D eigenvalue weighted by Crippen LogP contribution is 2.13. The number of benzene rings is 1. The minimum Gasteiger partial charge on any atom is -0.494 e. The normalized spacial score (nSPS) is 16.7. The summed E-state index contributed by atoms with van der Waals surface area (Å²) in [6, 6.07) is 7.68. The maximum atomic E-state index is 11.0. The van der Waals surface area contributed by atoms with E-state index in [9.17, 15) is 4.79 Å². The zero-order valence-corrected chi connectivity index (χ0v) is 13.6. The molecular formula is C15H20N4O2S. The molecule has 0 saturated carbocycles. The summed E-state index contributed by atoms with van der Waals surface area (Å²) in [5.41, 5.74) is 0.906. The summed E-state index contributed by atoms with van der Waals surface area (Å²) < 4.78 is 5.71. The van der Waals surface area contributed by atoms with Crippen molar-refractivity contribution in [3.63, 3.8) is 0 Å². The first-order valence-corrected chi connectivity index (χ1v) is 8.03. The number of thioether (sulfide) groups is 1. The average Bonchev–Trinajstić information content (AvgIpc) is 2.90. The Morgan fingerprint density at radius 3 is 3.05 bits per heavy atom. The minimum atomic E-state index is -0.0351. The van der Waals surface area contributed by atoms with Crippen LogP contribution in [0.1, 0.15) is 12.0 Å². The third-order valence-electron chi connectivity index (χ3n) is 2.82. The second-order valence-electron chi connectivity index (χ2n) is 5.06. The standard InChI is InChI=1S/C15H20N4O2S/c1-19(2)7-4-8-21-13-6-3-5-12(9-13)10-16-18-15-17-14(20)11-22-15/h3,5-6,9-10H,4,7-8,11H2,1-2H3,(H,17,18,20). The number of ether oxygens (including phenoxy) is 1. The lowest BCUT2D eigenvalue weighted by atomic mass is 10.2. The van der Waals surface area contributed by atoms with Crippen LogP contribution in [-0.4, -0.2) is 55.2 Å². The van der Waals surface area contributed by atoms with Gasteiger partial charge in [-0.2, -0.15) is 5.10 Å². The predicted octanol–water partition coefficient (Wildman–Crippen LogP) is 1.57. The van der Waals surface area contributed by atoms with Crippen molar-refractivity contribution in [1.29, 1.82) is 0 Å². The van der Waals surface area contributed by atoms with Crippen molar-refractivity contribution in [2.75, 3.05) is 33.0 Å². The van der Waals surface area contributed by atoms with E-state index in [1.807, 2.05) is 38.4 Å². The highest BCUT2D eigenvalue weighted by molar-refractivity contribution is 8.15. The molecule has 1 aliphatic heterocycles. The van der Waals surface area contributed by atoms with E-state index in [1.165, 1.54) is 11.8 Å². The number of nitrogens with one attached hydrogen (secondary N) is 1. The van der Waals surface area contributed by atoms with Gasteiger partial charge in [0.15, 0.2) is 5.17 Å². The molecule has 1 aromatic rings. The highest BCUT2D eigenvalue weighted by atomic mass is 32.2. The molecule has 1 amide bonds. The Morgan fingerprint density at radius 2 is 2.32 bits per heavy atom. The summed E-state index contributed by atoms with van der Waals surface area (Å²) in [7, 11) is 4.09. The second kappa shape index (κ2) is 8.55. The number of nitrogens with zero attached hydrogens (tertiary/aromatic N) is 3. The van der Waals surface area contributed by atoms with Crippen LogP contribution >= 0.6 is 11.8 Å². The number of rotatable bonds is 7. The Hall–Kier alpha value is -1.86. The van der Waals surface area contributed by atoms with Crippen molar-refractivity contribution in [3.05, 3.63) is 29.8 Å². The average molecular weight is 320 g/mol. The van der Waals surface area contributed by atoms with Gasteiger partial charge in [0.05, 0.1) is 18.6 Å². The van der Waals surface area contributed by atoms with E-state index in [-0.39, 0.29) is 5.91 Å². The Bertz CT molecular complexity index is 572. The van der Waals surface area contributed by atoms with Crippen LogP contribution in [0.5, 0.6) is 5.75 Å². The lowest BCUT2D eigenvalue weighted by Crippen LogP contribution is -2.19. The molecule has 1 aromatic carbocycles. The maximum Gasteiger partial charge on any atom is 0.236 e. The number of carbonyl (C=O) groups excluding carboxylic acids is 1. The van der Waals surface area contributed by atoms with Gasteiger partial charge in [-0.3, -0.25) is 4.79 Å². The van der Waals surface area contributed by atoms with Gasteiger partial charge in [0, 0.05) is 6.54 Å². The van der Waals surface area contributed by atoms with Crippen LogP contribution in [0.15, 0.2) is 34.5 Å². The van der Waals surface area contributed by atoms with Crippen molar-refractivity contribution >= 4 is 29.1 Å². The fraction of sp³-hybridized carbons (Fsp3) is 0.400. The Morgan fingerprint density at radius 1 is 1.45 bits per heavy atom. The van der Waals surface area contributed by atoms with Crippen LogP contribution in [0.4, 0.5) is 0 Å². The number of amides is 1. The molecule has 2 rings (SSSR count). The van der Waals surface area contributed by atoms with E-state index in [0.29, 0.717) is 17.5 Å². The van der Waals surface area contributed by atoms with Crippen LogP contribution in [0, 0.1) is 0 Å². The van der Waals surface area contributed by atoms with Gasteiger partial charge in [0.25, 0.3) is 0 Å². The van der Waals surface area contributed by atoms with Gasteiger partial charge in [-0.1, -0.05) is 23.9 Å². The number of hydrogen-bond donors (Lipinski definition) is 1. The van der Waals surface area contributed by atoms with E-state index in [4.69, 9.17) is 4.74 Å². The Balaban J connectivity index is 1.84. The predicted molar refractivity (Wildman–Crippen MR) is 90.7 cm³/mol. The zero-order valence-electron chi connectivity index (χ0n) is 12.8. The first kappa shape index (κ1) is 16.5. The van der Waals surface area contributed by atoms with Crippen LogP contribution < -0.4 is 10.1 Å². The molecule has 0 radical (unpaired) electrons. The smallest absolute Gasteiger partial charge is 0.236 e. The van der Waals surface area contributed by atoms with Crippen LogP contribution in [0.2, 0.25) is 0 Å². The topological polar surface area (TPSA) is 66.3 Å². The van der Waals surface area contributed by atoms with Crippen molar-refractivity contribution in [2.24, 2.45) is 10.2 Å². The molecule has 1 fully saturated rings. The maximum absolute atomic E-state index is 11.0. The number of hydrogen-bond acceptors (Lipinski definition) is 6. The molecule has 0 atom stereocenters. The lowest BCUT2D eigenvalue weighted by Gasteiger charge is -2.10. The first-order valence-electron chi connectivity index (χ1n) is 7.05. The number of carbonyl (C=O) groups is 1. The second-order valence-corrected chi connectivity index (χ2v) is 6.03. The van der Waals surface area contributed by atoms with Gasteiger partial charge in [0.2, 0.25) is 5.91 Å². The van der Waals surface area contributed by atoms with E-state index in [2.05, 4.69) is 20.4 Å². The van der Waals surface area contributed by atoms with Gasteiger partial charge < -0.3 is 15.0 Å². The van der Waals surface area contributed by atoms with E-state index >= 15 is 0 Å². The molecular weight excluding hydrogens is 300 g/mol. The van der Waals surface area contributed by atoms with Gasteiger partial charge in [-0.25, -0.2) is 0 Å². The first-order chi connectivity index (χ1) is 10.6. The monoisotopic (exact) mass is 320 g/mol. The number of amidine groups is 1. The van der Waals surface area contributed by atoms with Crippen molar-refractivity contribution in [1.82, 2.24) is 10.2 Å². The molecule has 1 N–H and O–H groups in total. The molecule has 1 heterocycles. The molecule has 1 saturated heterocycles. The molecule has 0 bridgehead atoms. The Labute approximate surface area is 134 Å². The molecule has 0 aliphatic carbocycles. The zero-order chi connectivity index (χ0) is 15.8. The van der Waals surface area contributed by atoms with E-state index in [1.54, 1.807) is 6.21 Å². The fourth-order valence-electron chi connectivity index (χ4n) is 1.78. The summed E-state index contributed by atoms with van der Waals surface area (Å²) in [4.78, 5) is 13.1.